The van der Waals surface area contributed by atoms with Crippen molar-refractivity contribution in [1.82, 2.24) is 29.9 Å². The first-order chi connectivity index (χ1) is 11.6. The molecule has 0 amide bonds. The third-order valence-corrected chi connectivity index (χ3v) is 3.90. The van der Waals surface area contributed by atoms with Gasteiger partial charge in [-0.15, -0.1) is 5.10 Å². The Labute approximate surface area is 137 Å². The molecule has 5 N–H and O–H groups in total. The SMILES string of the molecule is Cc1cc(Cn2nnc3c(-c4ccc[nH]4)nc(N)nc32)ccc1N. The number of aromatic nitrogens is 6. The maximum atomic E-state index is 5.87. The van der Waals surface area contributed by atoms with Crippen molar-refractivity contribution in [3.8, 4) is 11.4 Å². The van der Waals surface area contributed by atoms with E-state index in [1.807, 2.05) is 43.5 Å². The summed E-state index contributed by atoms with van der Waals surface area (Å²) in [4.78, 5) is 11.7. The van der Waals surface area contributed by atoms with E-state index in [0.717, 1.165) is 22.5 Å². The lowest BCUT2D eigenvalue weighted by molar-refractivity contribution is 0.664. The van der Waals surface area contributed by atoms with Crippen molar-refractivity contribution in [2.75, 3.05) is 11.5 Å². The molecular formula is C16H16N8. The van der Waals surface area contributed by atoms with Crippen LogP contribution in [-0.2, 0) is 6.54 Å². The highest BCUT2D eigenvalue weighted by molar-refractivity contribution is 5.86. The zero-order valence-corrected chi connectivity index (χ0v) is 13.1. The molecule has 0 aliphatic carbocycles. The van der Waals surface area contributed by atoms with Gasteiger partial charge in [0, 0.05) is 11.9 Å². The van der Waals surface area contributed by atoms with Crippen LogP contribution in [0.15, 0.2) is 36.5 Å². The molecule has 0 saturated carbocycles. The standard InChI is InChI=1S/C16H16N8/c1-9-7-10(4-5-11(9)17)8-24-15-14(22-23-24)13(20-16(18)21-15)12-3-2-6-19-12/h2-7,19H,8,17H2,1H3,(H2,18,20,21). The number of H-pyrrole nitrogens is 1. The summed E-state index contributed by atoms with van der Waals surface area (Å²) in [6, 6.07) is 9.67. The summed E-state index contributed by atoms with van der Waals surface area (Å²) in [5.74, 6) is 0.184. The molecule has 0 unspecified atom stereocenters. The fourth-order valence-corrected chi connectivity index (χ4v) is 2.65. The highest BCUT2D eigenvalue weighted by Gasteiger charge is 2.16. The van der Waals surface area contributed by atoms with Crippen molar-refractivity contribution in [2.45, 2.75) is 13.5 Å². The number of aromatic amines is 1. The monoisotopic (exact) mass is 320 g/mol. The van der Waals surface area contributed by atoms with Gasteiger partial charge in [0.05, 0.1) is 12.2 Å². The van der Waals surface area contributed by atoms with E-state index in [9.17, 15) is 0 Å². The molecule has 0 atom stereocenters. The largest absolute Gasteiger partial charge is 0.399 e. The number of anilines is 2. The lowest BCUT2D eigenvalue weighted by atomic mass is 10.1. The summed E-state index contributed by atoms with van der Waals surface area (Å²) in [5.41, 5.74) is 17.3. The third-order valence-electron chi connectivity index (χ3n) is 3.90. The maximum Gasteiger partial charge on any atom is 0.222 e. The molecule has 8 nitrogen and oxygen atoms in total. The second-order valence-corrected chi connectivity index (χ2v) is 5.62. The first-order valence-electron chi connectivity index (χ1n) is 7.47. The first kappa shape index (κ1) is 14.2. The van der Waals surface area contributed by atoms with Crippen LogP contribution in [0.4, 0.5) is 11.6 Å². The van der Waals surface area contributed by atoms with Gasteiger partial charge in [-0.3, -0.25) is 0 Å². The summed E-state index contributed by atoms with van der Waals surface area (Å²) in [6.45, 7) is 2.50. The Balaban J connectivity index is 1.81. The molecule has 4 rings (SSSR count). The highest BCUT2D eigenvalue weighted by atomic mass is 15.4. The number of nitrogens with one attached hydrogen (secondary N) is 1. The maximum absolute atomic E-state index is 5.87. The zero-order valence-electron chi connectivity index (χ0n) is 13.1. The number of nitrogen functional groups attached to an aromatic ring is 2. The van der Waals surface area contributed by atoms with Crippen LogP contribution in [0.2, 0.25) is 0 Å². The van der Waals surface area contributed by atoms with E-state index >= 15 is 0 Å². The predicted octanol–water partition coefficient (Wildman–Crippen LogP) is 1.74. The Morgan fingerprint density at radius 1 is 1.17 bits per heavy atom. The average Bonchev–Trinajstić information content (AvgIpc) is 3.21. The average molecular weight is 320 g/mol. The van der Waals surface area contributed by atoms with E-state index in [-0.39, 0.29) is 5.95 Å². The smallest absolute Gasteiger partial charge is 0.222 e. The lowest BCUT2D eigenvalue weighted by Crippen LogP contribution is -2.05. The number of nitrogens with zero attached hydrogens (tertiary/aromatic N) is 5. The van der Waals surface area contributed by atoms with Gasteiger partial charge in [-0.2, -0.15) is 4.98 Å². The van der Waals surface area contributed by atoms with E-state index in [1.165, 1.54) is 0 Å². The van der Waals surface area contributed by atoms with Gasteiger partial charge in [0.2, 0.25) is 5.95 Å². The molecule has 8 heteroatoms. The van der Waals surface area contributed by atoms with Gasteiger partial charge in [-0.25, -0.2) is 9.67 Å². The molecule has 24 heavy (non-hydrogen) atoms. The molecule has 0 spiro atoms. The fourth-order valence-electron chi connectivity index (χ4n) is 2.65. The van der Waals surface area contributed by atoms with Gasteiger partial charge >= 0.3 is 0 Å². The van der Waals surface area contributed by atoms with E-state index in [1.54, 1.807) is 4.68 Å². The van der Waals surface area contributed by atoms with Gasteiger partial charge in [0.15, 0.2) is 11.2 Å². The number of hydrogen-bond acceptors (Lipinski definition) is 6. The summed E-state index contributed by atoms with van der Waals surface area (Å²) in [5, 5.41) is 8.46. The van der Waals surface area contributed by atoms with Crippen LogP contribution in [0.5, 0.6) is 0 Å². The topological polar surface area (TPSA) is 124 Å². The molecule has 0 aliphatic rings. The Morgan fingerprint density at radius 3 is 2.79 bits per heavy atom. The minimum atomic E-state index is 0.184. The minimum Gasteiger partial charge on any atom is -0.399 e. The van der Waals surface area contributed by atoms with Gasteiger partial charge < -0.3 is 16.5 Å². The summed E-state index contributed by atoms with van der Waals surface area (Å²) in [7, 11) is 0. The number of nitrogens with two attached hydrogens (primary N) is 2. The molecule has 0 bridgehead atoms. The first-order valence-corrected chi connectivity index (χ1v) is 7.47. The number of fused-ring (bicyclic) bond motifs is 1. The lowest BCUT2D eigenvalue weighted by Gasteiger charge is -2.06. The van der Waals surface area contributed by atoms with Crippen molar-refractivity contribution < 1.29 is 0 Å². The molecule has 3 aromatic heterocycles. The second-order valence-electron chi connectivity index (χ2n) is 5.62. The molecule has 3 heterocycles. The summed E-state index contributed by atoms with van der Waals surface area (Å²) < 4.78 is 1.71. The molecular weight excluding hydrogens is 304 g/mol. The van der Waals surface area contributed by atoms with Gasteiger partial charge in [0.25, 0.3) is 0 Å². The Hall–Kier alpha value is -3.42. The number of hydrogen-bond donors (Lipinski definition) is 3. The van der Waals surface area contributed by atoms with Crippen molar-refractivity contribution in [2.24, 2.45) is 0 Å². The van der Waals surface area contributed by atoms with Gasteiger partial charge in [-0.1, -0.05) is 17.3 Å². The Bertz CT molecular complexity index is 1020. The molecule has 0 radical (unpaired) electrons. The quantitative estimate of drug-likeness (QED) is 0.494. The normalized spacial score (nSPS) is 11.2. The number of benzene rings is 1. The molecule has 0 fully saturated rings. The van der Waals surface area contributed by atoms with E-state index in [4.69, 9.17) is 11.5 Å². The van der Waals surface area contributed by atoms with Crippen molar-refractivity contribution in [3.05, 3.63) is 47.7 Å². The molecule has 1 aromatic carbocycles. The van der Waals surface area contributed by atoms with Crippen LogP contribution in [0.1, 0.15) is 11.1 Å². The van der Waals surface area contributed by atoms with Crippen LogP contribution in [0, 0.1) is 6.92 Å². The van der Waals surface area contributed by atoms with Crippen LogP contribution in [0.25, 0.3) is 22.6 Å². The summed E-state index contributed by atoms with van der Waals surface area (Å²) >= 11 is 0. The summed E-state index contributed by atoms with van der Waals surface area (Å²) in [6.07, 6.45) is 1.82. The Kier molecular flexibility index (Phi) is 3.16. The van der Waals surface area contributed by atoms with Crippen LogP contribution in [-0.4, -0.2) is 29.9 Å². The van der Waals surface area contributed by atoms with Crippen LogP contribution in [0.3, 0.4) is 0 Å². The molecule has 4 aromatic rings. The van der Waals surface area contributed by atoms with Crippen molar-refractivity contribution in [1.29, 1.82) is 0 Å². The highest BCUT2D eigenvalue weighted by Crippen LogP contribution is 2.24. The van der Waals surface area contributed by atoms with Crippen molar-refractivity contribution in [3.63, 3.8) is 0 Å². The third kappa shape index (κ3) is 2.34. The second kappa shape index (κ2) is 5.34. The molecule has 0 aliphatic heterocycles. The van der Waals surface area contributed by atoms with Gasteiger partial charge in [-0.05, 0) is 36.2 Å². The Morgan fingerprint density at radius 2 is 2.04 bits per heavy atom. The minimum absolute atomic E-state index is 0.184. The zero-order chi connectivity index (χ0) is 16.7. The molecule has 0 saturated heterocycles. The fraction of sp³-hybridized carbons (Fsp3) is 0.125. The van der Waals surface area contributed by atoms with Crippen molar-refractivity contribution >= 4 is 22.8 Å². The van der Waals surface area contributed by atoms with Crippen LogP contribution >= 0.6 is 0 Å². The van der Waals surface area contributed by atoms with Gasteiger partial charge in [0.1, 0.15) is 5.69 Å². The van der Waals surface area contributed by atoms with E-state index in [0.29, 0.717) is 23.4 Å². The van der Waals surface area contributed by atoms with E-state index in [2.05, 4.69) is 25.3 Å². The van der Waals surface area contributed by atoms with Crippen LogP contribution < -0.4 is 11.5 Å². The number of aryl methyl sites for hydroxylation is 1. The van der Waals surface area contributed by atoms with E-state index < -0.39 is 0 Å². The number of rotatable bonds is 3. The predicted molar refractivity (Wildman–Crippen MR) is 92.0 cm³/mol. The molecule has 120 valence electrons.